The summed E-state index contributed by atoms with van der Waals surface area (Å²) in [5.74, 6) is -0.587. The van der Waals surface area contributed by atoms with E-state index in [1.807, 2.05) is 0 Å². The van der Waals surface area contributed by atoms with E-state index in [2.05, 4.69) is 0 Å². The summed E-state index contributed by atoms with van der Waals surface area (Å²) in [5.41, 5.74) is 0.439. The van der Waals surface area contributed by atoms with Gasteiger partial charge in [0.25, 0.3) is 0 Å². The lowest BCUT2D eigenvalue weighted by atomic mass is 10.1. The molecule has 1 aliphatic rings. The fraction of sp³-hybridized carbons (Fsp3) is 0.111. The third kappa shape index (κ3) is 0.953. The number of nitro groups is 1. The van der Waals surface area contributed by atoms with E-state index in [0.29, 0.717) is 5.56 Å². The predicted molar refractivity (Wildman–Crippen MR) is 48.4 cm³/mol. The highest BCUT2D eigenvalue weighted by Crippen LogP contribution is 2.23. The zero-order chi connectivity index (χ0) is 10.3. The Balaban J connectivity index is 2.59. The molecule has 2 rings (SSSR count). The van der Waals surface area contributed by atoms with Crippen LogP contribution in [0.25, 0.3) is 0 Å². The van der Waals surface area contributed by atoms with Gasteiger partial charge in [-0.1, -0.05) is 24.3 Å². The minimum atomic E-state index is -1.51. The molecule has 14 heavy (non-hydrogen) atoms. The lowest BCUT2D eigenvalue weighted by Gasteiger charge is -1.97. The standard InChI is InChI=1S/C9H6N2O3/c10-7-5-3-1-2-4-6(5)9(12)8(7)11(13)14/h1-4,8,10H. The van der Waals surface area contributed by atoms with Crippen LogP contribution in [-0.4, -0.2) is 22.5 Å². The average molecular weight is 190 g/mol. The van der Waals surface area contributed by atoms with E-state index >= 15 is 0 Å². The molecule has 0 fully saturated rings. The molecule has 1 unspecified atom stereocenters. The maximum atomic E-state index is 11.5. The van der Waals surface area contributed by atoms with Crippen LogP contribution in [0.3, 0.4) is 0 Å². The molecule has 1 aliphatic carbocycles. The van der Waals surface area contributed by atoms with Crippen LogP contribution in [0.1, 0.15) is 15.9 Å². The predicted octanol–water partition coefficient (Wildman–Crippen LogP) is 0.896. The van der Waals surface area contributed by atoms with E-state index in [9.17, 15) is 14.9 Å². The van der Waals surface area contributed by atoms with Crippen molar-refractivity contribution in [3.05, 3.63) is 45.5 Å². The third-order valence-corrected chi connectivity index (χ3v) is 2.22. The Morgan fingerprint density at radius 1 is 1.29 bits per heavy atom. The van der Waals surface area contributed by atoms with Crippen LogP contribution in [0.2, 0.25) is 0 Å². The number of nitrogens with zero attached hydrogens (tertiary/aromatic N) is 1. The zero-order valence-corrected chi connectivity index (χ0v) is 7.06. The highest BCUT2D eigenvalue weighted by Gasteiger charge is 2.44. The number of nitrogens with one attached hydrogen (secondary N) is 1. The first kappa shape index (κ1) is 8.55. The van der Waals surface area contributed by atoms with Gasteiger partial charge in [-0.15, -0.1) is 0 Å². The van der Waals surface area contributed by atoms with Gasteiger partial charge in [0.1, 0.15) is 5.71 Å². The number of Topliss-reactive ketones (excluding diaryl/α,β-unsaturated/α-hetero) is 1. The second kappa shape index (κ2) is 2.73. The van der Waals surface area contributed by atoms with Crippen molar-refractivity contribution in [1.82, 2.24) is 0 Å². The maximum absolute atomic E-state index is 11.5. The quantitative estimate of drug-likeness (QED) is 0.527. The van der Waals surface area contributed by atoms with Gasteiger partial charge < -0.3 is 0 Å². The zero-order valence-electron chi connectivity index (χ0n) is 7.06. The molecule has 0 heterocycles. The fourth-order valence-electron chi connectivity index (χ4n) is 1.56. The van der Waals surface area contributed by atoms with E-state index in [1.165, 1.54) is 6.07 Å². The molecule has 70 valence electrons. The van der Waals surface area contributed by atoms with Crippen LogP contribution >= 0.6 is 0 Å². The summed E-state index contributed by atoms with van der Waals surface area (Å²) in [5, 5.41) is 18.0. The molecule has 1 atom stereocenters. The molecular weight excluding hydrogens is 184 g/mol. The Bertz CT molecular complexity index is 418. The van der Waals surface area contributed by atoms with E-state index in [1.54, 1.807) is 18.2 Å². The first-order chi connectivity index (χ1) is 6.63. The van der Waals surface area contributed by atoms with Crippen molar-refractivity contribution in [2.24, 2.45) is 0 Å². The van der Waals surface area contributed by atoms with Crippen LogP contribution in [0.5, 0.6) is 0 Å². The molecule has 5 nitrogen and oxygen atoms in total. The van der Waals surface area contributed by atoms with Crippen molar-refractivity contribution in [2.45, 2.75) is 6.04 Å². The van der Waals surface area contributed by atoms with Crippen molar-refractivity contribution >= 4 is 11.5 Å². The Kier molecular flexibility index (Phi) is 1.67. The van der Waals surface area contributed by atoms with Gasteiger partial charge in [0, 0.05) is 16.1 Å². The first-order valence-corrected chi connectivity index (χ1v) is 3.98. The minimum Gasteiger partial charge on any atom is -0.297 e. The first-order valence-electron chi connectivity index (χ1n) is 3.98. The van der Waals surface area contributed by atoms with Gasteiger partial charge in [-0.2, -0.15) is 0 Å². The lowest BCUT2D eigenvalue weighted by molar-refractivity contribution is -0.486. The van der Waals surface area contributed by atoms with Crippen LogP contribution < -0.4 is 0 Å². The largest absolute Gasteiger partial charge is 0.316 e. The molecule has 0 aliphatic heterocycles. The SMILES string of the molecule is N=C1c2ccccc2C(=O)C1[N+](=O)[O-]. The van der Waals surface area contributed by atoms with Gasteiger partial charge in [-0.3, -0.25) is 20.3 Å². The molecule has 1 aromatic carbocycles. The average Bonchev–Trinajstić information content (AvgIpc) is 2.41. The number of ketones is 1. The fourth-order valence-corrected chi connectivity index (χ4v) is 1.56. The smallest absolute Gasteiger partial charge is 0.297 e. The van der Waals surface area contributed by atoms with Gasteiger partial charge in [0.2, 0.25) is 5.78 Å². The molecule has 0 amide bonds. The van der Waals surface area contributed by atoms with Gasteiger partial charge >= 0.3 is 6.04 Å². The summed E-state index contributed by atoms with van der Waals surface area (Å²) in [6.07, 6.45) is 0. The third-order valence-electron chi connectivity index (χ3n) is 2.22. The topological polar surface area (TPSA) is 84.1 Å². The summed E-state index contributed by atoms with van der Waals surface area (Å²) in [4.78, 5) is 21.3. The summed E-state index contributed by atoms with van der Waals surface area (Å²) in [6.45, 7) is 0. The molecule has 0 bridgehead atoms. The minimum absolute atomic E-state index is 0.212. The van der Waals surface area contributed by atoms with Crippen molar-refractivity contribution in [3.63, 3.8) is 0 Å². The number of carbonyl (C=O) groups excluding carboxylic acids is 1. The molecule has 1 N–H and O–H groups in total. The summed E-state index contributed by atoms with van der Waals surface area (Å²) in [7, 11) is 0. The van der Waals surface area contributed by atoms with Crippen molar-refractivity contribution in [1.29, 1.82) is 5.41 Å². The van der Waals surface area contributed by atoms with Crippen LogP contribution in [0.4, 0.5) is 0 Å². The number of carbonyl (C=O) groups is 1. The van der Waals surface area contributed by atoms with Crippen LogP contribution in [0, 0.1) is 15.5 Å². The van der Waals surface area contributed by atoms with Crippen LogP contribution in [-0.2, 0) is 0 Å². The van der Waals surface area contributed by atoms with Crippen molar-refractivity contribution in [2.75, 3.05) is 0 Å². The van der Waals surface area contributed by atoms with Gasteiger partial charge in [0.15, 0.2) is 0 Å². The molecule has 0 saturated heterocycles. The normalized spacial score (nSPS) is 19.6. The van der Waals surface area contributed by atoms with Crippen LogP contribution in [0.15, 0.2) is 24.3 Å². The Hall–Kier alpha value is -2.04. The molecule has 0 aromatic heterocycles. The number of hydrogen-bond acceptors (Lipinski definition) is 4. The summed E-state index contributed by atoms with van der Waals surface area (Å²) >= 11 is 0. The highest BCUT2D eigenvalue weighted by atomic mass is 16.6. The van der Waals surface area contributed by atoms with E-state index in [0.717, 1.165) is 0 Å². The second-order valence-corrected chi connectivity index (χ2v) is 3.01. The van der Waals surface area contributed by atoms with Gasteiger partial charge in [-0.25, -0.2) is 0 Å². The second-order valence-electron chi connectivity index (χ2n) is 3.01. The molecule has 0 saturated carbocycles. The number of rotatable bonds is 1. The number of hydrogen-bond donors (Lipinski definition) is 1. The van der Waals surface area contributed by atoms with Crippen molar-refractivity contribution in [3.8, 4) is 0 Å². The number of fused-ring (bicyclic) bond motifs is 1. The molecule has 5 heteroatoms. The molecule has 0 radical (unpaired) electrons. The Labute approximate surface area is 79.0 Å². The van der Waals surface area contributed by atoms with Crippen molar-refractivity contribution < 1.29 is 9.72 Å². The lowest BCUT2D eigenvalue weighted by Crippen LogP contribution is -2.31. The Morgan fingerprint density at radius 2 is 1.86 bits per heavy atom. The van der Waals surface area contributed by atoms with Gasteiger partial charge in [0.05, 0.1) is 0 Å². The molecule has 0 spiro atoms. The Morgan fingerprint density at radius 3 is 2.36 bits per heavy atom. The van der Waals surface area contributed by atoms with E-state index in [4.69, 9.17) is 5.41 Å². The molecular formula is C9H6N2O3. The number of benzene rings is 1. The summed E-state index contributed by atoms with van der Waals surface area (Å²) in [6, 6.07) is 4.84. The maximum Gasteiger partial charge on any atom is 0.316 e. The highest BCUT2D eigenvalue weighted by molar-refractivity contribution is 6.29. The molecule has 1 aromatic rings. The van der Waals surface area contributed by atoms with E-state index in [-0.39, 0.29) is 11.3 Å². The monoisotopic (exact) mass is 190 g/mol. The van der Waals surface area contributed by atoms with Gasteiger partial charge in [-0.05, 0) is 0 Å². The summed E-state index contributed by atoms with van der Waals surface area (Å²) < 4.78 is 0. The van der Waals surface area contributed by atoms with E-state index < -0.39 is 16.7 Å².